The first-order valence-corrected chi connectivity index (χ1v) is 7.05. The molecule has 2 rings (SSSR count). The molecule has 0 saturated heterocycles. The monoisotopic (exact) mass is 262 g/mol. The van der Waals surface area contributed by atoms with Gasteiger partial charge in [-0.25, -0.2) is 4.98 Å². The third-order valence-corrected chi connectivity index (χ3v) is 4.45. The van der Waals surface area contributed by atoms with Crippen LogP contribution in [0.4, 0.5) is 5.82 Å². The molecular weight excluding hydrogens is 236 g/mol. The number of nitrogens with zero attached hydrogens (tertiary/aromatic N) is 3. The molecule has 0 aromatic carbocycles. The van der Waals surface area contributed by atoms with E-state index in [0.717, 1.165) is 17.9 Å². The number of anilines is 1. The van der Waals surface area contributed by atoms with Crippen molar-refractivity contribution >= 4 is 5.82 Å². The third kappa shape index (κ3) is 2.90. The number of hydrogen-bond donors (Lipinski definition) is 1. The van der Waals surface area contributed by atoms with Crippen LogP contribution >= 0.6 is 0 Å². The van der Waals surface area contributed by atoms with E-state index >= 15 is 0 Å². The van der Waals surface area contributed by atoms with Gasteiger partial charge in [-0.2, -0.15) is 0 Å². The van der Waals surface area contributed by atoms with Crippen molar-refractivity contribution in [3.05, 3.63) is 23.9 Å². The van der Waals surface area contributed by atoms with Crippen LogP contribution in [0.2, 0.25) is 0 Å². The summed E-state index contributed by atoms with van der Waals surface area (Å²) >= 11 is 0. The molecule has 1 aliphatic carbocycles. The zero-order chi connectivity index (χ0) is 14.0. The molecule has 0 unspecified atom stereocenters. The standard InChI is InChI=1S/C15H26N4/c1-12(16)13-6-9-17-14(10-13)19(4)11-15(18(2)3)7-5-8-15/h6,9-10,12H,5,7-8,11,16H2,1-4H3/t12-/m1/s1. The first kappa shape index (κ1) is 14.3. The Morgan fingerprint density at radius 2 is 2.05 bits per heavy atom. The van der Waals surface area contributed by atoms with Gasteiger partial charge in [0.25, 0.3) is 0 Å². The van der Waals surface area contributed by atoms with Crippen LogP contribution in [0.3, 0.4) is 0 Å². The van der Waals surface area contributed by atoms with Crippen molar-refractivity contribution in [2.75, 3.05) is 32.6 Å². The Morgan fingerprint density at radius 1 is 1.37 bits per heavy atom. The molecule has 0 spiro atoms. The predicted molar refractivity (Wildman–Crippen MR) is 80.4 cm³/mol. The van der Waals surface area contributed by atoms with Gasteiger partial charge in [-0.1, -0.05) is 0 Å². The minimum atomic E-state index is 0.0571. The second kappa shape index (κ2) is 5.47. The molecule has 0 aliphatic heterocycles. The van der Waals surface area contributed by atoms with E-state index in [1.54, 1.807) is 0 Å². The lowest BCUT2D eigenvalue weighted by molar-refractivity contribution is 0.0682. The zero-order valence-corrected chi connectivity index (χ0v) is 12.6. The molecule has 0 bridgehead atoms. The molecule has 1 saturated carbocycles. The van der Waals surface area contributed by atoms with Gasteiger partial charge in [-0.05, 0) is 58.0 Å². The van der Waals surface area contributed by atoms with Crippen molar-refractivity contribution in [1.29, 1.82) is 0 Å². The summed E-state index contributed by atoms with van der Waals surface area (Å²) in [4.78, 5) is 9.09. The van der Waals surface area contributed by atoms with E-state index in [0.29, 0.717) is 5.54 Å². The summed E-state index contributed by atoms with van der Waals surface area (Å²) in [6.07, 6.45) is 5.74. The van der Waals surface area contributed by atoms with Gasteiger partial charge in [0.15, 0.2) is 0 Å². The Kier molecular flexibility index (Phi) is 4.11. The van der Waals surface area contributed by atoms with E-state index in [1.807, 2.05) is 19.2 Å². The lowest BCUT2D eigenvalue weighted by Crippen LogP contribution is -2.56. The molecule has 2 N–H and O–H groups in total. The Labute approximate surface area is 116 Å². The van der Waals surface area contributed by atoms with Gasteiger partial charge in [-0.15, -0.1) is 0 Å². The largest absolute Gasteiger partial charge is 0.358 e. The Balaban J connectivity index is 2.11. The highest BCUT2D eigenvalue weighted by molar-refractivity contribution is 5.41. The molecule has 4 nitrogen and oxygen atoms in total. The third-order valence-electron chi connectivity index (χ3n) is 4.45. The minimum Gasteiger partial charge on any atom is -0.358 e. The average Bonchev–Trinajstić information content (AvgIpc) is 2.33. The van der Waals surface area contributed by atoms with Crippen molar-refractivity contribution in [2.24, 2.45) is 5.73 Å². The van der Waals surface area contributed by atoms with E-state index < -0.39 is 0 Å². The Morgan fingerprint density at radius 3 is 2.53 bits per heavy atom. The maximum Gasteiger partial charge on any atom is 0.128 e. The first-order valence-electron chi connectivity index (χ1n) is 7.05. The summed E-state index contributed by atoms with van der Waals surface area (Å²) in [7, 11) is 6.48. The zero-order valence-electron chi connectivity index (χ0n) is 12.6. The van der Waals surface area contributed by atoms with Crippen LogP contribution in [0, 0.1) is 0 Å². The average molecular weight is 262 g/mol. The van der Waals surface area contributed by atoms with Crippen LogP contribution in [-0.4, -0.2) is 43.1 Å². The van der Waals surface area contributed by atoms with E-state index in [1.165, 1.54) is 19.3 Å². The number of aromatic nitrogens is 1. The van der Waals surface area contributed by atoms with Crippen molar-refractivity contribution in [3.63, 3.8) is 0 Å². The smallest absolute Gasteiger partial charge is 0.128 e. The molecule has 1 atom stereocenters. The number of hydrogen-bond acceptors (Lipinski definition) is 4. The Bertz CT molecular complexity index is 424. The number of nitrogens with two attached hydrogens (primary N) is 1. The number of pyridine rings is 1. The molecule has 1 aromatic rings. The maximum absolute atomic E-state index is 5.94. The fourth-order valence-corrected chi connectivity index (χ4v) is 2.78. The van der Waals surface area contributed by atoms with Crippen LogP contribution < -0.4 is 10.6 Å². The lowest BCUT2D eigenvalue weighted by atomic mass is 9.75. The molecule has 19 heavy (non-hydrogen) atoms. The van der Waals surface area contributed by atoms with Crippen LogP contribution in [0.1, 0.15) is 37.8 Å². The lowest BCUT2D eigenvalue weighted by Gasteiger charge is -2.49. The highest BCUT2D eigenvalue weighted by Crippen LogP contribution is 2.37. The fourth-order valence-electron chi connectivity index (χ4n) is 2.78. The van der Waals surface area contributed by atoms with Gasteiger partial charge >= 0.3 is 0 Å². The summed E-state index contributed by atoms with van der Waals surface area (Å²) < 4.78 is 0. The summed E-state index contributed by atoms with van der Waals surface area (Å²) in [6, 6.07) is 4.15. The summed E-state index contributed by atoms with van der Waals surface area (Å²) in [5.41, 5.74) is 7.40. The second-order valence-electron chi connectivity index (χ2n) is 6.06. The maximum atomic E-state index is 5.94. The second-order valence-corrected chi connectivity index (χ2v) is 6.06. The highest BCUT2D eigenvalue weighted by Gasteiger charge is 2.40. The summed E-state index contributed by atoms with van der Waals surface area (Å²) in [6.45, 7) is 3.03. The number of likely N-dealkylation sites (N-methyl/N-ethyl adjacent to an activating group) is 2. The van der Waals surface area contributed by atoms with Crippen LogP contribution in [0.5, 0.6) is 0 Å². The molecule has 106 valence electrons. The molecule has 1 heterocycles. The molecule has 1 fully saturated rings. The Hall–Kier alpha value is -1.13. The van der Waals surface area contributed by atoms with Crippen molar-refractivity contribution in [3.8, 4) is 0 Å². The van der Waals surface area contributed by atoms with E-state index in [-0.39, 0.29) is 6.04 Å². The summed E-state index contributed by atoms with van der Waals surface area (Å²) in [5.74, 6) is 1.02. The van der Waals surface area contributed by atoms with Gasteiger partial charge < -0.3 is 15.5 Å². The minimum absolute atomic E-state index is 0.0571. The van der Waals surface area contributed by atoms with E-state index in [9.17, 15) is 0 Å². The predicted octanol–water partition coefficient (Wildman–Crippen LogP) is 2.02. The van der Waals surface area contributed by atoms with Crippen LogP contribution in [0.15, 0.2) is 18.3 Å². The normalized spacial score (nSPS) is 19.1. The first-order chi connectivity index (χ1) is 8.94. The van der Waals surface area contributed by atoms with Gasteiger partial charge in [0, 0.05) is 31.4 Å². The molecule has 0 amide bonds. The molecule has 1 aromatic heterocycles. The van der Waals surface area contributed by atoms with Gasteiger partial charge in [0.05, 0.1) is 0 Å². The van der Waals surface area contributed by atoms with Gasteiger partial charge in [0.2, 0.25) is 0 Å². The number of rotatable bonds is 5. The van der Waals surface area contributed by atoms with Gasteiger partial charge in [0.1, 0.15) is 5.82 Å². The quantitative estimate of drug-likeness (QED) is 0.882. The SMILES string of the molecule is C[C@@H](N)c1ccnc(N(C)CC2(N(C)C)CCC2)c1. The molecule has 4 heteroatoms. The van der Waals surface area contributed by atoms with E-state index in [4.69, 9.17) is 5.73 Å². The molecule has 1 aliphatic rings. The van der Waals surface area contributed by atoms with Gasteiger partial charge in [-0.3, -0.25) is 0 Å². The van der Waals surface area contributed by atoms with Crippen LogP contribution in [-0.2, 0) is 0 Å². The summed E-state index contributed by atoms with van der Waals surface area (Å²) in [5, 5.41) is 0. The molecule has 0 radical (unpaired) electrons. The fraction of sp³-hybridized carbons (Fsp3) is 0.667. The van der Waals surface area contributed by atoms with E-state index in [2.05, 4.69) is 42.0 Å². The van der Waals surface area contributed by atoms with Crippen molar-refractivity contribution < 1.29 is 0 Å². The van der Waals surface area contributed by atoms with Crippen LogP contribution in [0.25, 0.3) is 0 Å². The molecular formula is C15H26N4. The highest BCUT2D eigenvalue weighted by atomic mass is 15.2. The van der Waals surface area contributed by atoms with Crippen molar-refractivity contribution in [1.82, 2.24) is 9.88 Å². The van der Waals surface area contributed by atoms with Crippen molar-refractivity contribution in [2.45, 2.75) is 37.8 Å². The topological polar surface area (TPSA) is 45.4 Å².